The standard InChI is InChI=1S/C18H14O8.3C13H19NO2.C4H11N.2H2S/c19-11-24-18(26-17(23)13-9-5-2-6-10-13)14(15(20)21)25-16(22)12-7-3-1-4-8-12;3*1-10(9-14(2)3)13(15)11-6-5-7-12(8-11)16-4;1-3-5-4-2;;/h1-11,14,18H,(H,20,21);3*5-8,10H,9H2,1-4H3;5H,3-4H2,1-2H3;2*1H2/t14-,18+;2*10-;;;;/m000..../s1. The van der Waals surface area contributed by atoms with Crippen molar-refractivity contribution >= 4 is 68.7 Å². The Labute approximate surface area is 493 Å². The van der Waals surface area contributed by atoms with Gasteiger partial charge in [0.15, 0.2) is 17.3 Å². The molecule has 0 spiro atoms. The number of esters is 2. The number of hydrogen-bond acceptors (Lipinski definition) is 17. The van der Waals surface area contributed by atoms with E-state index in [-0.39, 0.29) is 79.7 Å². The maximum atomic E-state index is 12.1. The number of rotatable bonds is 25. The zero-order valence-electron chi connectivity index (χ0n) is 49.3. The molecule has 0 bridgehead atoms. The third kappa shape index (κ3) is 30.4. The first-order valence-corrected chi connectivity index (χ1v) is 25.6. The van der Waals surface area contributed by atoms with E-state index in [1.807, 2.05) is 132 Å². The number of benzene rings is 5. The zero-order chi connectivity index (χ0) is 59.5. The lowest BCUT2D eigenvalue weighted by Crippen LogP contribution is -2.42. The van der Waals surface area contributed by atoms with E-state index < -0.39 is 30.3 Å². The van der Waals surface area contributed by atoms with Crippen molar-refractivity contribution in [2.75, 3.05) is 96.3 Å². The van der Waals surface area contributed by atoms with Crippen LogP contribution < -0.4 is 19.5 Å². The molecule has 0 fully saturated rings. The van der Waals surface area contributed by atoms with E-state index >= 15 is 0 Å². The van der Waals surface area contributed by atoms with Gasteiger partial charge in [-0.2, -0.15) is 27.0 Å². The van der Waals surface area contributed by atoms with E-state index in [4.69, 9.17) is 23.7 Å². The molecule has 0 radical (unpaired) electrons. The lowest BCUT2D eigenvalue weighted by molar-refractivity contribution is -0.187. The summed E-state index contributed by atoms with van der Waals surface area (Å²) in [6, 6.07) is 37.1. The van der Waals surface area contributed by atoms with Crippen LogP contribution in [0.25, 0.3) is 0 Å². The van der Waals surface area contributed by atoms with Gasteiger partial charge in [0.1, 0.15) is 17.2 Å². The highest BCUT2D eigenvalue weighted by atomic mass is 32.1. The first-order valence-electron chi connectivity index (χ1n) is 25.6. The monoisotopic (exact) mass is 1160 g/mol. The van der Waals surface area contributed by atoms with Crippen LogP contribution in [0.15, 0.2) is 133 Å². The van der Waals surface area contributed by atoms with Gasteiger partial charge < -0.3 is 53.5 Å². The molecule has 5 aromatic rings. The van der Waals surface area contributed by atoms with Crippen molar-refractivity contribution in [2.24, 2.45) is 17.8 Å². The van der Waals surface area contributed by atoms with Crippen LogP contribution in [-0.4, -0.2) is 170 Å². The molecule has 0 aliphatic heterocycles. The first-order chi connectivity index (χ1) is 37.6. The molecule has 446 valence electrons. The van der Waals surface area contributed by atoms with Gasteiger partial charge in [-0.25, -0.2) is 14.4 Å². The Morgan fingerprint density at radius 3 is 1.02 bits per heavy atom. The summed E-state index contributed by atoms with van der Waals surface area (Å²) in [6.07, 6.45) is -3.99. The van der Waals surface area contributed by atoms with E-state index in [1.165, 1.54) is 24.3 Å². The molecular weight excluding hydrogens is 1080 g/mol. The molecule has 5 atom stereocenters. The van der Waals surface area contributed by atoms with Crippen LogP contribution in [0.4, 0.5) is 0 Å². The van der Waals surface area contributed by atoms with Crippen molar-refractivity contribution in [1.29, 1.82) is 0 Å². The second kappa shape index (κ2) is 42.8. The van der Waals surface area contributed by atoms with Gasteiger partial charge in [0, 0.05) is 54.1 Å². The predicted octanol–water partition coefficient (Wildman–Crippen LogP) is 8.72. The number of carboxylic acids is 1. The van der Waals surface area contributed by atoms with Gasteiger partial charge in [0.25, 0.3) is 18.9 Å². The number of nitrogens with one attached hydrogen (secondary N) is 1. The number of aliphatic carboxylic acids is 1. The highest BCUT2D eigenvalue weighted by molar-refractivity contribution is 7.59. The van der Waals surface area contributed by atoms with E-state index in [2.05, 4.69) is 23.9 Å². The number of hydrogen-bond donors (Lipinski definition) is 2. The molecule has 0 saturated carbocycles. The van der Waals surface area contributed by atoms with E-state index in [1.54, 1.807) is 75.9 Å². The van der Waals surface area contributed by atoms with Crippen molar-refractivity contribution in [3.8, 4) is 17.2 Å². The number of ether oxygens (including phenoxy) is 6. The molecule has 0 saturated heterocycles. The highest BCUT2D eigenvalue weighted by Gasteiger charge is 2.37. The average molecular weight is 1160 g/mol. The second-order valence-electron chi connectivity index (χ2n) is 18.6. The van der Waals surface area contributed by atoms with Crippen molar-refractivity contribution in [3.63, 3.8) is 0 Å². The fourth-order valence-corrected chi connectivity index (χ4v) is 7.27. The summed E-state index contributed by atoms with van der Waals surface area (Å²) in [5.41, 5.74) is 2.33. The van der Waals surface area contributed by atoms with Gasteiger partial charge in [-0.3, -0.25) is 19.2 Å². The molecule has 0 heterocycles. The molecule has 5 rings (SSSR count). The number of carbonyl (C=O) groups is 7. The minimum absolute atomic E-state index is 0. The minimum atomic E-state index is -2.04. The van der Waals surface area contributed by atoms with Crippen LogP contribution in [0.2, 0.25) is 0 Å². The van der Waals surface area contributed by atoms with E-state index in [0.29, 0.717) is 16.7 Å². The third-order valence-electron chi connectivity index (χ3n) is 11.0. The zero-order valence-corrected chi connectivity index (χ0v) is 51.3. The number of Topliss-reactive ketones (excluding diaryl/α,β-unsaturated/α-hetero) is 3. The smallest absolute Gasteiger partial charge is 0.353 e. The van der Waals surface area contributed by atoms with Gasteiger partial charge in [-0.15, -0.1) is 0 Å². The molecule has 5 aromatic carbocycles. The normalized spacial score (nSPS) is 11.9. The summed E-state index contributed by atoms with van der Waals surface area (Å²) in [6.45, 7) is 14.4. The van der Waals surface area contributed by atoms with Gasteiger partial charge in [-0.1, -0.05) is 107 Å². The van der Waals surface area contributed by atoms with Crippen LogP contribution in [0.1, 0.15) is 86.4 Å². The van der Waals surface area contributed by atoms with Crippen LogP contribution in [0.3, 0.4) is 0 Å². The van der Waals surface area contributed by atoms with E-state index in [9.17, 15) is 38.7 Å². The quantitative estimate of drug-likeness (QED) is 0.0242. The summed E-state index contributed by atoms with van der Waals surface area (Å²) < 4.78 is 29.6. The van der Waals surface area contributed by atoms with Gasteiger partial charge >= 0.3 is 17.9 Å². The summed E-state index contributed by atoms with van der Waals surface area (Å²) in [4.78, 5) is 88.5. The molecule has 0 aliphatic rings. The Hall–Kier alpha value is -7.07. The summed E-state index contributed by atoms with van der Waals surface area (Å²) in [7, 11) is 16.6. The Morgan fingerprint density at radius 1 is 0.481 bits per heavy atom. The number of carboxylic acid groups (broad SMARTS) is 1. The van der Waals surface area contributed by atoms with Crippen LogP contribution in [0, 0.1) is 17.8 Å². The summed E-state index contributed by atoms with van der Waals surface area (Å²) in [5, 5.41) is 12.4. The van der Waals surface area contributed by atoms with Crippen molar-refractivity contribution in [1.82, 2.24) is 20.0 Å². The van der Waals surface area contributed by atoms with E-state index in [0.717, 1.165) is 50.0 Å². The van der Waals surface area contributed by atoms with Crippen molar-refractivity contribution < 1.29 is 67.1 Å². The van der Waals surface area contributed by atoms with Crippen LogP contribution >= 0.6 is 27.0 Å². The Bertz CT molecular complexity index is 2440. The molecule has 2 N–H and O–H groups in total. The number of ketones is 3. The number of nitrogens with zero attached hydrogens (tertiary/aromatic N) is 3. The molecule has 1 unspecified atom stereocenters. The number of methoxy groups -OCH3 is 3. The molecule has 18 nitrogen and oxygen atoms in total. The van der Waals surface area contributed by atoms with Crippen molar-refractivity contribution in [2.45, 2.75) is 47.0 Å². The lowest BCUT2D eigenvalue weighted by Gasteiger charge is -2.22. The SMILES string of the molecule is CCNCC.COc1cccc(C(=O)C(C)CN(C)C)c1.COc1cccc(C(=O)[C@@H](C)CN(C)C)c1.COc1cccc(C(=O)[C@@H](C)CN(C)C)c1.O=CO[C@H](OC(=O)c1ccccc1)[C@@H](OC(=O)c1ccccc1)C(=O)O.S.S. The van der Waals surface area contributed by atoms with Crippen molar-refractivity contribution in [3.05, 3.63) is 161 Å². The first kappa shape index (κ1) is 76.0. The molecule has 0 amide bonds. The fourth-order valence-electron chi connectivity index (χ4n) is 7.27. The largest absolute Gasteiger partial charge is 0.497 e. The maximum Gasteiger partial charge on any atom is 0.353 e. The highest BCUT2D eigenvalue weighted by Crippen LogP contribution is 2.20. The molecule has 20 heteroatoms. The van der Waals surface area contributed by atoms with Crippen LogP contribution in [-0.2, 0) is 23.8 Å². The van der Waals surface area contributed by atoms with Gasteiger partial charge in [0.2, 0.25) is 0 Å². The Morgan fingerprint density at radius 2 is 0.778 bits per heavy atom. The third-order valence-corrected chi connectivity index (χ3v) is 11.0. The maximum absolute atomic E-state index is 12.1. The Kier molecular flexibility index (Phi) is 40.1. The molecular formula is C61H86N4O14S2. The Balaban J connectivity index is 0. The average Bonchev–Trinajstić information content (AvgIpc) is 3.44. The second-order valence-corrected chi connectivity index (χ2v) is 18.6. The van der Waals surface area contributed by atoms with Crippen LogP contribution in [0.5, 0.6) is 17.2 Å². The van der Waals surface area contributed by atoms with Gasteiger partial charge in [-0.05, 0) is 116 Å². The number of carbonyl (C=O) groups excluding carboxylic acids is 6. The van der Waals surface area contributed by atoms with Gasteiger partial charge in [0.05, 0.1) is 32.5 Å². The predicted molar refractivity (Wildman–Crippen MR) is 326 cm³/mol. The molecule has 0 aromatic heterocycles. The summed E-state index contributed by atoms with van der Waals surface area (Å²) in [5.74, 6) is -0.914. The fraction of sp³-hybridized carbons (Fsp3) is 0.393. The molecule has 0 aliphatic carbocycles. The topological polar surface area (TPSA) is 217 Å². The summed E-state index contributed by atoms with van der Waals surface area (Å²) >= 11 is 0. The minimum Gasteiger partial charge on any atom is -0.497 e. The molecule has 81 heavy (non-hydrogen) atoms. The lowest BCUT2D eigenvalue weighted by atomic mass is 9.99.